The summed E-state index contributed by atoms with van der Waals surface area (Å²) < 4.78 is 24.1. The lowest BCUT2D eigenvalue weighted by Gasteiger charge is -2.62. The van der Waals surface area contributed by atoms with Gasteiger partial charge in [-0.15, -0.1) is 0 Å². The van der Waals surface area contributed by atoms with Crippen LogP contribution in [-0.2, 0) is 18.9 Å². The summed E-state index contributed by atoms with van der Waals surface area (Å²) in [5.74, 6) is 2.92. The Bertz CT molecular complexity index is 559. The van der Waals surface area contributed by atoms with Crippen LogP contribution in [0.15, 0.2) is 0 Å². The van der Waals surface area contributed by atoms with Crippen LogP contribution >= 0.6 is 0 Å². The second-order valence-electron chi connectivity index (χ2n) is 10.5. The fourth-order valence-corrected chi connectivity index (χ4v) is 8.65. The molecule has 5 rings (SSSR count). The van der Waals surface area contributed by atoms with Gasteiger partial charge in [-0.25, -0.2) is 0 Å². The monoisotopic (exact) mass is 378 g/mol. The zero-order valence-corrected chi connectivity index (χ0v) is 17.5. The highest BCUT2D eigenvalue weighted by Gasteiger charge is 2.63. The van der Waals surface area contributed by atoms with Crippen LogP contribution in [0.1, 0.15) is 64.7 Å². The van der Waals surface area contributed by atoms with E-state index < -0.39 is 0 Å². The molecular formula is C23H38O4. The molecule has 154 valence electrons. The van der Waals surface area contributed by atoms with Gasteiger partial charge in [0.15, 0.2) is 5.79 Å². The molecule has 0 aromatic rings. The highest BCUT2D eigenvalue weighted by molar-refractivity contribution is 5.11. The first-order valence-electron chi connectivity index (χ1n) is 11.4. The molecule has 1 spiro atoms. The number of hydrogen-bond acceptors (Lipinski definition) is 4. The van der Waals surface area contributed by atoms with Crippen molar-refractivity contribution in [2.24, 2.45) is 34.5 Å². The maximum atomic E-state index is 6.12. The summed E-state index contributed by atoms with van der Waals surface area (Å²) in [7, 11) is 3.84. The van der Waals surface area contributed by atoms with E-state index in [0.717, 1.165) is 50.4 Å². The Morgan fingerprint density at radius 2 is 1.70 bits per heavy atom. The van der Waals surface area contributed by atoms with Gasteiger partial charge in [0, 0.05) is 32.5 Å². The molecule has 4 heteroatoms. The van der Waals surface area contributed by atoms with Crippen molar-refractivity contribution in [2.45, 2.75) is 76.6 Å². The van der Waals surface area contributed by atoms with Gasteiger partial charge in [-0.1, -0.05) is 6.92 Å². The van der Waals surface area contributed by atoms with Gasteiger partial charge in [-0.3, -0.25) is 0 Å². The second kappa shape index (κ2) is 6.68. The molecule has 0 radical (unpaired) electrons. The normalized spacial score (nSPS) is 51.0. The first kappa shape index (κ1) is 18.8. The summed E-state index contributed by atoms with van der Waals surface area (Å²) in [5, 5.41) is 0. The first-order valence-corrected chi connectivity index (χ1v) is 11.4. The number of fused-ring (bicyclic) bond motifs is 5. The molecule has 1 saturated heterocycles. The van der Waals surface area contributed by atoms with Gasteiger partial charge >= 0.3 is 0 Å². The molecule has 0 N–H and O–H groups in total. The Labute approximate surface area is 164 Å². The van der Waals surface area contributed by atoms with E-state index in [-0.39, 0.29) is 5.79 Å². The summed E-state index contributed by atoms with van der Waals surface area (Å²) in [4.78, 5) is 0. The zero-order valence-electron chi connectivity index (χ0n) is 17.5. The Balaban J connectivity index is 1.43. The van der Waals surface area contributed by atoms with E-state index in [1.54, 1.807) is 0 Å². The van der Waals surface area contributed by atoms with Gasteiger partial charge in [-0.2, -0.15) is 0 Å². The van der Waals surface area contributed by atoms with Crippen LogP contribution in [0.25, 0.3) is 0 Å². The molecule has 0 aromatic carbocycles. The Morgan fingerprint density at radius 3 is 2.44 bits per heavy atom. The van der Waals surface area contributed by atoms with Crippen LogP contribution in [0.2, 0.25) is 0 Å². The molecule has 4 saturated carbocycles. The van der Waals surface area contributed by atoms with E-state index in [1.807, 2.05) is 14.2 Å². The van der Waals surface area contributed by atoms with E-state index >= 15 is 0 Å². The standard InChI is InChI=1S/C23H38O4/c1-21-9-8-19-17(18(21)6-7-20(21)25-3)5-4-16-14-23(26-12-13-27-23)11-10-22(16,19)15-24-2/h16-20H,4-15H2,1-3H3/t16?,17?,18?,19?,20-,21?,22?/m0/s1. The summed E-state index contributed by atoms with van der Waals surface area (Å²) in [6.07, 6.45) is 11.8. The van der Waals surface area contributed by atoms with Crippen molar-refractivity contribution in [3.63, 3.8) is 0 Å². The lowest BCUT2D eigenvalue weighted by Crippen LogP contribution is -2.59. The van der Waals surface area contributed by atoms with E-state index in [0.29, 0.717) is 22.9 Å². The maximum Gasteiger partial charge on any atom is 0.168 e. The van der Waals surface area contributed by atoms with Crippen LogP contribution in [0.3, 0.4) is 0 Å². The Kier molecular flexibility index (Phi) is 4.66. The SMILES string of the molecule is COCC12CCC3(CC1CCC1C2CCC2(C)C1CC[C@@H]2OC)OCCO3. The fraction of sp³-hybridized carbons (Fsp3) is 1.00. The van der Waals surface area contributed by atoms with Gasteiger partial charge in [0.05, 0.1) is 25.9 Å². The number of methoxy groups -OCH3 is 2. The largest absolute Gasteiger partial charge is 0.384 e. The molecule has 27 heavy (non-hydrogen) atoms. The minimum atomic E-state index is -0.271. The predicted octanol–water partition coefficient (Wildman–Crippen LogP) is 4.41. The van der Waals surface area contributed by atoms with Crippen molar-refractivity contribution in [1.29, 1.82) is 0 Å². The van der Waals surface area contributed by atoms with Crippen LogP contribution in [0, 0.1) is 34.5 Å². The molecule has 7 atom stereocenters. The molecule has 5 fully saturated rings. The number of rotatable bonds is 3. The van der Waals surface area contributed by atoms with Gasteiger partial charge in [0.1, 0.15) is 0 Å². The van der Waals surface area contributed by atoms with Crippen LogP contribution in [0.5, 0.6) is 0 Å². The molecular weight excluding hydrogens is 340 g/mol. The highest BCUT2D eigenvalue weighted by Crippen LogP contribution is 2.67. The first-order chi connectivity index (χ1) is 13.1. The summed E-state index contributed by atoms with van der Waals surface area (Å²) in [5.41, 5.74) is 0.731. The van der Waals surface area contributed by atoms with Crippen molar-refractivity contribution >= 4 is 0 Å². The third kappa shape index (κ3) is 2.62. The van der Waals surface area contributed by atoms with Crippen molar-refractivity contribution in [3.8, 4) is 0 Å². The smallest absolute Gasteiger partial charge is 0.168 e. The number of hydrogen-bond donors (Lipinski definition) is 0. The third-order valence-electron chi connectivity index (χ3n) is 9.79. The van der Waals surface area contributed by atoms with E-state index in [9.17, 15) is 0 Å². The minimum absolute atomic E-state index is 0.271. The molecule has 0 aromatic heterocycles. The Hall–Kier alpha value is -0.160. The molecule has 1 heterocycles. The second-order valence-corrected chi connectivity index (χ2v) is 10.5. The lowest BCUT2D eigenvalue weighted by atomic mass is 9.44. The van der Waals surface area contributed by atoms with Gasteiger partial charge < -0.3 is 18.9 Å². The summed E-state index contributed by atoms with van der Waals surface area (Å²) in [6.45, 7) is 5.00. The zero-order chi connectivity index (χ0) is 18.7. The molecule has 4 aliphatic carbocycles. The van der Waals surface area contributed by atoms with Crippen LogP contribution in [-0.4, -0.2) is 45.9 Å². The predicted molar refractivity (Wildman–Crippen MR) is 103 cm³/mol. The van der Waals surface area contributed by atoms with E-state index in [1.165, 1.54) is 44.9 Å². The van der Waals surface area contributed by atoms with E-state index in [4.69, 9.17) is 18.9 Å². The molecule has 5 aliphatic rings. The minimum Gasteiger partial charge on any atom is -0.384 e. The maximum absolute atomic E-state index is 6.12. The fourth-order valence-electron chi connectivity index (χ4n) is 8.65. The van der Waals surface area contributed by atoms with Gasteiger partial charge in [-0.05, 0) is 74.0 Å². The average molecular weight is 379 g/mol. The van der Waals surface area contributed by atoms with Crippen molar-refractivity contribution in [3.05, 3.63) is 0 Å². The number of ether oxygens (including phenoxy) is 4. The molecule has 6 unspecified atom stereocenters. The van der Waals surface area contributed by atoms with Crippen LogP contribution < -0.4 is 0 Å². The highest BCUT2D eigenvalue weighted by atomic mass is 16.7. The van der Waals surface area contributed by atoms with Crippen molar-refractivity contribution < 1.29 is 18.9 Å². The van der Waals surface area contributed by atoms with Crippen LogP contribution in [0.4, 0.5) is 0 Å². The van der Waals surface area contributed by atoms with Crippen molar-refractivity contribution in [2.75, 3.05) is 34.0 Å². The van der Waals surface area contributed by atoms with E-state index in [2.05, 4.69) is 6.92 Å². The molecule has 0 amide bonds. The molecule has 1 aliphatic heterocycles. The lowest BCUT2D eigenvalue weighted by molar-refractivity contribution is -0.242. The van der Waals surface area contributed by atoms with Crippen molar-refractivity contribution in [1.82, 2.24) is 0 Å². The quantitative estimate of drug-likeness (QED) is 0.729. The Morgan fingerprint density at radius 1 is 0.889 bits per heavy atom. The third-order valence-corrected chi connectivity index (χ3v) is 9.79. The average Bonchev–Trinajstić information content (AvgIpc) is 3.26. The molecule has 0 bridgehead atoms. The summed E-state index contributed by atoms with van der Waals surface area (Å²) >= 11 is 0. The van der Waals surface area contributed by atoms with Gasteiger partial charge in [0.2, 0.25) is 0 Å². The topological polar surface area (TPSA) is 36.9 Å². The summed E-state index contributed by atoms with van der Waals surface area (Å²) in [6, 6.07) is 0. The van der Waals surface area contributed by atoms with Gasteiger partial charge in [0.25, 0.3) is 0 Å². The molecule has 4 nitrogen and oxygen atoms in total.